The molecule has 0 aromatic carbocycles. The summed E-state index contributed by atoms with van der Waals surface area (Å²) in [5.74, 6) is -0.304. The molecule has 100 valence electrons. The quantitative estimate of drug-likeness (QED) is 0.309. The maximum Gasteiger partial charge on any atom is 0.234 e. The first-order valence-corrected chi connectivity index (χ1v) is 5.88. The van der Waals surface area contributed by atoms with Crippen LogP contribution < -0.4 is 11.1 Å². The van der Waals surface area contributed by atoms with Crippen LogP contribution in [0.25, 0.3) is 0 Å². The average Bonchev–Trinajstić information content (AvgIpc) is 2.91. The van der Waals surface area contributed by atoms with Gasteiger partial charge in [0.05, 0.1) is 12.5 Å². The monoisotopic (exact) mass is 253 g/mol. The first-order valence-electron chi connectivity index (χ1n) is 5.88. The number of rotatable bonds is 6. The van der Waals surface area contributed by atoms with Crippen LogP contribution in [0.4, 0.5) is 0 Å². The molecule has 0 atom stereocenters. The molecule has 0 aliphatic rings. The molecule has 6 heteroatoms. The number of furan rings is 1. The molecule has 0 bridgehead atoms. The summed E-state index contributed by atoms with van der Waals surface area (Å²) in [5.41, 5.74) is 5.55. The Morgan fingerprint density at radius 2 is 2.22 bits per heavy atom. The van der Waals surface area contributed by atoms with Crippen molar-refractivity contribution in [1.29, 1.82) is 0 Å². The molecule has 4 N–H and O–H groups in total. The molecule has 0 spiro atoms. The maximum atomic E-state index is 12.2. The Hall–Kier alpha value is -1.98. The van der Waals surface area contributed by atoms with E-state index in [0.717, 1.165) is 5.56 Å². The fourth-order valence-electron chi connectivity index (χ4n) is 1.89. The molecule has 0 unspecified atom stereocenters. The van der Waals surface area contributed by atoms with Gasteiger partial charge in [-0.15, -0.1) is 0 Å². The second kappa shape index (κ2) is 6.09. The van der Waals surface area contributed by atoms with E-state index in [9.17, 15) is 4.79 Å². The van der Waals surface area contributed by atoms with Crippen LogP contribution in [0.3, 0.4) is 0 Å². The summed E-state index contributed by atoms with van der Waals surface area (Å²) in [5, 5.41) is 14.6. The summed E-state index contributed by atoms with van der Waals surface area (Å²) in [6, 6.07) is 1.77. The summed E-state index contributed by atoms with van der Waals surface area (Å²) in [6.45, 7) is 4.02. The minimum Gasteiger partial charge on any atom is -0.472 e. The molecule has 0 aliphatic heterocycles. The summed E-state index contributed by atoms with van der Waals surface area (Å²) in [6.07, 6.45) is 4.04. The van der Waals surface area contributed by atoms with Crippen LogP contribution in [0.1, 0.15) is 32.3 Å². The maximum absolute atomic E-state index is 12.2. The van der Waals surface area contributed by atoms with Crippen molar-refractivity contribution in [3.8, 4) is 0 Å². The van der Waals surface area contributed by atoms with Gasteiger partial charge in [-0.05, 0) is 18.9 Å². The van der Waals surface area contributed by atoms with E-state index < -0.39 is 5.41 Å². The van der Waals surface area contributed by atoms with Crippen LogP contribution >= 0.6 is 0 Å². The molecular weight excluding hydrogens is 234 g/mol. The molecule has 1 amide bonds. The minimum absolute atomic E-state index is 0.0582. The molecule has 0 radical (unpaired) electrons. The molecule has 6 nitrogen and oxygen atoms in total. The van der Waals surface area contributed by atoms with E-state index in [1.807, 2.05) is 13.8 Å². The van der Waals surface area contributed by atoms with Crippen molar-refractivity contribution in [2.75, 3.05) is 0 Å². The van der Waals surface area contributed by atoms with Gasteiger partial charge >= 0.3 is 0 Å². The zero-order valence-corrected chi connectivity index (χ0v) is 10.6. The van der Waals surface area contributed by atoms with E-state index in [2.05, 4.69) is 10.5 Å². The lowest BCUT2D eigenvalue weighted by atomic mass is 9.80. The molecule has 0 saturated heterocycles. The molecule has 1 heterocycles. The average molecular weight is 253 g/mol. The van der Waals surface area contributed by atoms with E-state index in [1.165, 1.54) is 6.26 Å². The normalized spacial score (nSPS) is 12.4. The van der Waals surface area contributed by atoms with Crippen LogP contribution in [0.15, 0.2) is 28.2 Å². The van der Waals surface area contributed by atoms with Crippen LogP contribution in [0.5, 0.6) is 0 Å². The van der Waals surface area contributed by atoms with Crippen molar-refractivity contribution >= 4 is 11.7 Å². The Kier molecular flexibility index (Phi) is 4.76. The SMILES string of the molecule is CCC(CC)(C(=O)NCc1ccoc1)/C(N)=N/O. The van der Waals surface area contributed by atoms with E-state index in [4.69, 9.17) is 15.4 Å². The lowest BCUT2D eigenvalue weighted by Gasteiger charge is -2.28. The number of carbonyl (C=O) groups is 1. The highest BCUT2D eigenvalue weighted by atomic mass is 16.4. The zero-order chi connectivity index (χ0) is 13.6. The van der Waals surface area contributed by atoms with E-state index in [1.54, 1.807) is 12.3 Å². The van der Waals surface area contributed by atoms with Crippen LogP contribution in [0.2, 0.25) is 0 Å². The van der Waals surface area contributed by atoms with E-state index >= 15 is 0 Å². The van der Waals surface area contributed by atoms with Gasteiger partial charge in [0, 0.05) is 12.1 Å². The summed E-state index contributed by atoms with van der Waals surface area (Å²) in [4.78, 5) is 12.2. The smallest absolute Gasteiger partial charge is 0.234 e. The lowest BCUT2D eigenvalue weighted by Crippen LogP contribution is -2.49. The third-order valence-corrected chi connectivity index (χ3v) is 3.27. The number of hydrogen-bond acceptors (Lipinski definition) is 4. The van der Waals surface area contributed by atoms with Gasteiger partial charge in [-0.3, -0.25) is 4.79 Å². The number of nitrogens with one attached hydrogen (secondary N) is 1. The molecular formula is C12H19N3O3. The highest BCUT2D eigenvalue weighted by molar-refractivity contribution is 6.06. The fraction of sp³-hybridized carbons (Fsp3) is 0.500. The van der Waals surface area contributed by atoms with Gasteiger partial charge in [0.15, 0.2) is 5.84 Å². The highest BCUT2D eigenvalue weighted by Gasteiger charge is 2.39. The van der Waals surface area contributed by atoms with Gasteiger partial charge < -0.3 is 20.7 Å². The van der Waals surface area contributed by atoms with Gasteiger partial charge in [0.2, 0.25) is 5.91 Å². The summed E-state index contributed by atoms with van der Waals surface area (Å²) >= 11 is 0. The number of amides is 1. The second-order valence-electron chi connectivity index (χ2n) is 4.09. The van der Waals surface area contributed by atoms with Crippen molar-refractivity contribution < 1.29 is 14.4 Å². The van der Waals surface area contributed by atoms with E-state index in [0.29, 0.717) is 19.4 Å². The first-order chi connectivity index (χ1) is 8.60. The van der Waals surface area contributed by atoms with Gasteiger partial charge in [0.1, 0.15) is 5.41 Å². The minimum atomic E-state index is -0.960. The molecule has 1 aromatic rings. The van der Waals surface area contributed by atoms with Crippen LogP contribution in [0, 0.1) is 5.41 Å². The van der Waals surface area contributed by atoms with Gasteiger partial charge in [-0.25, -0.2) is 0 Å². The number of carbonyl (C=O) groups excluding carboxylic acids is 1. The van der Waals surface area contributed by atoms with Crippen molar-refractivity contribution in [3.05, 3.63) is 24.2 Å². The standard InChI is InChI=1S/C12H19N3O3/c1-3-12(4-2,10(13)15-17)11(16)14-7-9-5-6-18-8-9/h5-6,8,17H,3-4,7H2,1-2H3,(H2,13,15)(H,14,16). The van der Waals surface area contributed by atoms with Crippen molar-refractivity contribution in [1.82, 2.24) is 5.32 Å². The first kappa shape index (κ1) is 14.1. The number of nitrogens with zero attached hydrogens (tertiary/aromatic N) is 1. The Bertz CT molecular complexity index is 408. The number of amidine groups is 1. The summed E-state index contributed by atoms with van der Waals surface area (Å²) in [7, 11) is 0. The molecule has 18 heavy (non-hydrogen) atoms. The molecule has 0 saturated carbocycles. The predicted octanol–water partition coefficient (Wildman–Crippen LogP) is 1.45. The topological polar surface area (TPSA) is 101 Å². The number of nitrogens with two attached hydrogens (primary N) is 1. The Morgan fingerprint density at radius 3 is 2.67 bits per heavy atom. The fourth-order valence-corrected chi connectivity index (χ4v) is 1.89. The number of oxime groups is 1. The summed E-state index contributed by atoms with van der Waals surface area (Å²) < 4.78 is 4.91. The zero-order valence-electron chi connectivity index (χ0n) is 10.6. The predicted molar refractivity (Wildman–Crippen MR) is 67.0 cm³/mol. The molecule has 1 aromatic heterocycles. The second-order valence-corrected chi connectivity index (χ2v) is 4.09. The molecule has 0 fully saturated rings. The van der Waals surface area contributed by atoms with Crippen LogP contribution in [-0.4, -0.2) is 17.0 Å². The van der Waals surface area contributed by atoms with Gasteiger partial charge in [-0.1, -0.05) is 19.0 Å². The van der Waals surface area contributed by atoms with Crippen molar-refractivity contribution in [2.45, 2.75) is 33.2 Å². The van der Waals surface area contributed by atoms with Gasteiger partial charge in [-0.2, -0.15) is 0 Å². The van der Waals surface area contributed by atoms with Crippen molar-refractivity contribution in [3.63, 3.8) is 0 Å². The Labute approximate surface area is 106 Å². The van der Waals surface area contributed by atoms with Crippen molar-refractivity contribution in [2.24, 2.45) is 16.3 Å². The van der Waals surface area contributed by atoms with E-state index in [-0.39, 0.29) is 11.7 Å². The molecule has 1 rings (SSSR count). The molecule has 0 aliphatic carbocycles. The third-order valence-electron chi connectivity index (χ3n) is 3.27. The third kappa shape index (κ3) is 2.64. The van der Waals surface area contributed by atoms with Gasteiger partial charge in [0.25, 0.3) is 0 Å². The van der Waals surface area contributed by atoms with Crippen LogP contribution in [-0.2, 0) is 11.3 Å². The largest absolute Gasteiger partial charge is 0.472 e. The lowest BCUT2D eigenvalue weighted by molar-refractivity contribution is -0.128. The Morgan fingerprint density at radius 1 is 1.56 bits per heavy atom. The number of hydrogen-bond donors (Lipinski definition) is 3. The highest BCUT2D eigenvalue weighted by Crippen LogP contribution is 2.27. The Balaban J connectivity index is 2.77.